The minimum absolute atomic E-state index is 0.00119. The summed E-state index contributed by atoms with van der Waals surface area (Å²) >= 11 is 0. The molecule has 0 spiro atoms. The van der Waals surface area contributed by atoms with E-state index in [0.29, 0.717) is 11.7 Å². The fourth-order valence-corrected chi connectivity index (χ4v) is 3.69. The molecule has 7 heteroatoms. The maximum Gasteiger partial charge on any atom is 0.313 e. The molecule has 2 aromatic heterocycles. The van der Waals surface area contributed by atoms with Gasteiger partial charge in [0.05, 0.1) is 11.4 Å². The van der Waals surface area contributed by atoms with Gasteiger partial charge in [-0.1, -0.05) is 0 Å². The third-order valence-corrected chi connectivity index (χ3v) is 5.53. The van der Waals surface area contributed by atoms with Gasteiger partial charge in [0.15, 0.2) is 6.23 Å². The van der Waals surface area contributed by atoms with Crippen LogP contribution in [0.4, 0.5) is 0 Å². The van der Waals surface area contributed by atoms with Gasteiger partial charge in [0.1, 0.15) is 5.75 Å². The molecule has 3 aromatic rings. The van der Waals surface area contributed by atoms with Crippen molar-refractivity contribution in [3.8, 4) is 22.9 Å². The number of rotatable bonds is 5. The Hall–Kier alpha value is -2.93. The van der Waals surface area contributed by atoms with Crippen molar-refractivity contribution in [2.45, 2.75) is 44.2 Å². The predicted octanol–water partition coefficient (Wildman–Crippen LogP) is 4.01. The SMILES string of the molecule is Cn1ccnc(Oc2ccc(-c3cc(C4CC4)nn3C3CCCCO3)cc2)c1=O. The average molecular weight is 392 g/mol. The van der Waals surface area contributed by atoms with Crippen LogP contribution in [0, 0.1) is 0 Å². The second kappa shape index (κ2) is 7.48. The van der Waals surface area contributed by atoms with Gasteiger partial charge in [0, 0.05) is 37.5 Å². The molecule has 1 aliphatic carbocycles. The molecule has 0 radical (unpaired) electrons. The number of aromatic nitrogens is 4. The molecule has 0 amide bonds. The van der Waals surface area contributed by atoms with Crippen molar-refractivity contribution in [1.29, 1.82) is 0 Å². The summed E-state index contributed by atoms with van der Waals surface area (Å²) in [5, 5.41) is 4.89. The Bertz CT molecular complexity index is 1060. The lowest BCUT2D eigenvalue weighted by Crippen LogP contribution is -2.20. The summed E-state index contributed by atoms with van der Waals surface area (Å²) in [7, 11) is 1.67. The summed E-state index contributed by atoms with van der Waals surface area (Å²) in [6, 6.07) is 9.91. The molecule has 2 aliphatic rings. The Kier molecular flexibility index (Phi) is 4.67. The van der Waals surface area contributed by atoms with E-state index in [1.165, 1.54) is 17.4 Å². The topological polar surface area (TPSA) is 71.2 Å². The maximum absolute atomic E-state index is 12.1. The van der Waals surface area contributed by atoms with Crippen molar-refractivity contribution in [3.63, 3.8) is 0 Å². The van der Waals surface area contributed by atoms with Crippen molar-refractivity contribution in [2.24, 2.45) is 7.05 Å². The minimum Gasteiger partial charge on any atom is -0.435 e. The van der Waals surface area contributed by atoms with Crippen LogP contribution in [0.5, 0.6) is 11.6 Å². The number of nitrogens with zero attached hydrogens (tertiary/aromatic N) is 4. The summed E-state index contributed by atoms with van der Waals surface area (Å²) in [5.41, 5.74) is 3.02. The quantitative estimate of drug-likeness (QED) is 0.656. The second-order valence-corrected chi connectivity index (χ2v) is 7.77. The maximum atomic E-state index is 12.1. The molecule has 29 heavy (non-hydrogen) atoms. The van der Waals surface area contributed by atoms with E-state index < -0.39 is 0 Å². The van der Waals surface area contributed by atoms with Gasteiger partial charge in [-0.25, -0.2) is 9.67 Å². The van der Waals surface area contributed by atoms with Crippen LogP contribution in [0.3, 0.4) is 0 Å². The summed E-state index contributed by atoms with van der Waals surface area (Å²) in [5.74, 6) is 1.23. The zero-order valence-corrected chi connectivity index (χ0v) is 16.5. The number of benzene rings is 1. The van der Waals surface area contributed by atoms with Crippen molar-refractivity contribution in [2.75, 3.05) is 6.61 Å². The first-order chi connectivity index (χ1) is 14.2. The third-order valence-electron chi connectivity index (χ3n) is 5.53. The lowest BCUT2D eigenvalue weighted by molar-refractivity contribution is -0.0385. The van der Waals surface area contributed by atoms with Crippen LogP contribution in [0.1, 0.15) is 49.9 Å². The van der Waals surface area contributed by atoms with Gasteiger partial charge in [0.2, 0.25) is 0 Å². The van der Waals surface area contributed by atoms with Crippen molar-refractivity contribution in [3.05, 3.63) is 58.8 Å². The van der Waals surface area contributed by atoms with E-state index >= 15 is 0 Å². The normalized spacial score (nSPS) is 19.3. The summed E-state index contributed by atoms with van der Waals surface area (Å²) < 4.78 is 15.2. The van der Waals surface area contributed by atoms with Crippen LogP contribution in [0.2, 0.25) is 0 Å². The van der Waals surface area contributed by atoms with Gasteiger partial charge in [-0.3, -0.25) is 4.79 Å². The molecule has 1 unspecified atom stereocenters. The van der Waals surface area contributed by atoms with Gasteiger partial charge >= 0.3 is 5.56 Å². The Morgan fingerprint density at radius 1 is 1.14 bits per heavy atom. The van der Waals surface area contributed by atoms with Gasteiger partial charge in [0.25, 0.3) is 5.88 Å². The van der Waals surface area contributed by atoms with Crippen LogP contribution in [0.25, 0.3) is 11.3 Å². The summed E-state index contributed by atoms with van der Waals surface area (Å²) in [6.45, 7) is 0.786. The van der Waals surface area contributed by atoms with E-state index in [1.54, 1.807) is 19.4 Å². The van der Waals surface area contributed by atoms with Crippen LogP contribution >= 0.6 is 0 Å². The van der Waals surface area contributed by atoms with Gasteiger partial charge in [-0.2, -0.15) is 5.10 Å². The number of ether oxygens (including phenoxy) is 2. The van der Waals surface area contributed by atoms with E-state index in [4.69, 9.17) is 14.6 Å². The molecular weight excluding hydrogens is 368 g/mol. The number of hydrogen-bond acceptors (Lipinski definition) is 5. The molecule has 0 N–H and O–H groups in total. The Labute approximate surface area is 168 Å². The monoisotopic (exact) mass is 392 g/mol. The standard InChI is InChI=1S/C22H24N4O3/c1-25-12-11-23-21(22(25)27)29-17-9-7-16(8-10-17)19-14-18(15-5-6-15)24-26(19)20-4-2-3-13-28-20/h7-12,14-15,20H,2-6,13H2,1H3. The van der Waals surface area contributed by atoms with Gasteiger partial charge in [-0.15, -0.1) is 0 Å². The number of aryl methyl sites for hydroxylation is 1. The second-order valence-electron chi connectivity index (χ2n) is 7.77. The summed E-state index contributed by atoms with van der Waals surface area (Å²) in [4.78, 5) is 16.1. The first kappa shape index (κ1) is 18.1. The van der Waals surface area contributed by atoms with E-state index in [9.17, 15) is 4.79 Å². The fourth-order valence-electron chi connectivity index (χ4n) is 3.69. The molecule has 0 bridgehead atoms. The lowest BCUT2D eigenvalue weighted by atomic mass is 10.1. The first-order valence-corrected chi connectivity index (χ1v) is 10.2. The molecular formula is C22H24N4O3. The van der Waals surface area contributed by atoms with Crippen LogP contribution in [-0.4, -0.2) is 25.9 Å². The molecule has 150 valence electrons. The highest BCUT2D eigenvalue weighted by Crippen LogP contribution is 2.42. The largest absolute Gasteiger partial charge is 0.435 e. The lowest BCUT2D eigenvalue weighted by Gasteiger charge is -2.24. The van der Waals surface area contributed by atoms with E-state index in [-0.39, 0.29) is 17.7 Å². The Morgan fingerprint density at radius 3 is 2.69 bits per heavy atom. The predicted molar refractivity (Wildman–Crippen MR) is 108 cm³/mol. The highest BCUT2D eigenvalue weighted by atomic mass is 16.5. The van der Waals surface area contributed by atoms with E-state index in [2.05, 4.69) is 15.7 Å². The molecule has 1 atom stereocenters. The molecule has 1 saturated heterocycles. The third kappa shape index (κ3) is 3.70. The van der Waals surface area contributed by atoms with Crippen LogP contribution in [0.15, 0.2) is 47.5 Å². The number of hydrogen-bond donors (Lipinski definition) is 0. The van der Waals surface area contributed by atoms with E-state index in [1.807, 2.05) is 24.3 Å². The van der Waals surface area contributed by atoms with Crippen molar-refractivity contribution < 1.29 is 9.47 Å². The smallest absolute Gasteiger partial charge is 0.313 e. The average Bonchev–Trinajstić information content (AvgIpc) is 3.51. The van der Waals surface area contributed by atoms with Gasteiger partial charge < -0.3 is 14.0 Å². The highest BCUT2D eigenvalue weighted by Gasteiger charge is 2.29. The first-order valence-electron chi connectivity index (χ1n) is 10.2. The summed E-state index contributed by atoms with van der Waals surface area (Å²) in [6.07, 6.45) is 8.84. The molecule has 5 rings (SSSR count). The van der Waals surface area contributed by atoms with Crippen LogP contribution in [-0.2, 0) is 11.8 Å². The van der Waals surface area contributed by atoms with Crippen molar-refractivity contribution >= 4 is 0 Å². The minimum atomic E-state index is -0.266. The zero-order valence-electron chi connectivity index (χ0n) is 16.5. The molecule has 1 saturated carbocycles. The van der Waals surface area contributed by atoms with E-state index in [0.717, 1.165) is 42.8 Å². The van der Waals surface area contributed by atoms with Gasteiger partial charge in [-0.05, 0) is 62.4 Å². The van der Waals surface area contributed by atoms with Crippen molar-refractivity contribution in [1.82, 2.24) is 19.3 Å². The molecule has 1 aromatic carbocycles. The van der Waals surface area contributed by atoms with Crippen LogP contribution < -0.4 is 10.3 Å². The highest BCUT2D eigenvalue weighted by molar-refractivity contribution is 5.61. The fraction of sp³-hybridized carbons (Fsp3) is 0.409. The Morgan fingerprint density at radius 2 is 1.97 bits per heavy atom. The molecule has 7 nitrogen and oxygen atoms in total. The molecule has 3 heterocycles. The Balaban J connectivity index is 1.43. The zero-order chi connectivity index (χ0) is 19.8. The molecule has 1 aliphatic heterocycles. The molecule has 2 fully saturated rings.